The van der Waals surface area contributed by atoms with Crippen molar-refractivity contribution in [1.29, 1.82) is 0 Å². The second kappa shape index (κ2) is 20.8. The lowest BCUT2D eigenvalue weighted by Crippen LogP contribution is -1.85. The average molecular weight is 701 g/mol. The van der Waals surface area contributed by atoms with Crippen LogP contribution in [-0.4, -0.2) is 0 Å². The molecule has 52 heavy (non-hydrogen) atoms. The molecule has 2 heteroatoms. The summed E-state index contributed by atoms with van der Waals surface area (Å²) in [5.41, 5.74) is 2.03. The van der Waals surface area contributed by atoms with Crippen LogP contribution >= 0.6 is 0 Å². The predicted molar refractivity (Wildman–Crippen MR) is 228 cm³/mol. The minimum atomic E-state index is 1.02. The van der Waals surface area contributed by atoms with Gasteiger partial charge in [0.15, 0.2) is 0 Å². The summed E-state index contributed by atoms with van der Waals surface area (Å²) in [5, 5.41) is 10.2. The fourth-order valence-electron chi connectivity index (χ4n) is 8.58. The van der Waals surface area contributed by atoms with Gasteiger partial charge in [-0.1, -0.05) is 179 Å². The summed E-state index contributed by atoms with van der Waals surface area (Å²) >= 11 is 0. The van der Waals surface area contributed by atoms with Gasteiger partial charge in [-0.05, 0) is 81.6 Å². The molecule has 4 aromatic carbocycles. The van der Waals surface area contributed by atoms with Crippen LogP contribution in [0, 0.1) is 0 Å². The van der Waals surface area contributed by atoms with E-state index in [4.69, 9.17) is 8.83 Å². The molecule has 0 bridgehead atoms. The summed E-state index contributed by atoms with van der Waals surface area (Å²) in [5.74, 6) is 2.27. The Bertz CT molecular complexity index is 1800. The normalized spacial score (nSPS) is 12.1. The second-order valence-corrected chi connectivity index (χ2v) is 16.2. The van der Waals surface area contributed by atoms with Gasteiger partial charge in [0.1, 0.15) is 22.7 Å². The maximum atomic E-state index is 6.37. The molecule has 0 aliphatic rings. The molecule has 0 radical (unpaired) electrons. The molecule has 0 saturated heterocycles. The Balaban J connectivity index is 0.997. The molecule has 2 nitrogen and oxygen atoms in total. The predicted octanol–water partition coefficient (Wildman–Crippen LogP) is 17.1. The Morgan fingerprint density at radius 1 is 0.308 bits per heavy atom. The lowest BCUT2D eigenvalue weighted by Gasteiger charge is -2.08. The topological polar surface area (TPSA) is 26.3 Å². The first-order chi connectivity index (χ1) is 25.7. The van der Waals surface area contributed by atoms with Gasteiger partial charge in [-0.25, -0.2) is 0 Å². The zero-order chi connectivity index (χ0) is 35.8. The first kappa shape index (κ1) is 38.5. The smallest absolute Gasteiger partial charge is 0.134 e. The largest absolute Gasteiger partial charge is 0.461 e. The molecular formula is C50H68O2. The third kappa shape index (κ3) is 10.9. The van der Waals surface area contributed by atoms with Crippen molar-refractivity contribution in [2.45, 2.75) is 181 Å². The van der Waals surface area contributed by atoms with Gasteiger partial charge in [0.25, 0.3) is 0 Å². The van der Waals surface area contributed by atoms with Gasteiger partial charge in [0, 0.05) is 23.6 Å². The van der Waals surface area contributed by atoms with Gasteiger partial charge in [-0.2, -0.15) is 0 Å². The van der Waals surface area contributed by atoms with E-state index in [1.165, 1.54) is 197 Å². The van der Waals surface area contributed by atoms with Crippen LogP contribution in [0.15, 0.2) is 69.5 Å². The summed E-state index contributed by atoms with van der Waals surface area (Å²) in [7, 11) is 0. The number of unbranched alkanes of at least 4 members (excludes halogenated alkanes) is 22. The lowest BCUT2D eigenvalue weighted by atomic mass is 9.95. The average Bonchev–Trinajstić information content (AvgIpc) is 3.75. The molecule has 0 aliphatic carbocycles. The summed E-state index contributed by atoms with van der Waals surface area (Å²) in [6.07, 6.45) is 35.2. The van der Waals surface area contributed by atoms with Crippen LogP contribution in [0.1, 0.15) is 179 Å². The van der Waals surface area contributed by atoms with E-state index in [1.54, 1.807) is 0 Å². The third-order valence-electron chi connectivity index (χ3n) is 11.8. The van der Waals surface area contributed by atoms with Crippen LogP contribution in [0.4, 0.5) is 0 Å². The van der Waals surface area contributed by atoms with Crippen LogP contribution in [0.2, 0.25) is 0 Å². The Hall–Kier alpha value is -3.26. The summed E-state index contributed by atoms with van der Waals surface area (Å²) < 4.78 is 12.7. The molecule has 0 unspecified atom stereocenters. The van der Waals surface area contributed by atoms with Crippen LogP contribution in [-0.2, 0) is 12.8 Å². The molecule has 280 valence electrons. The van der Waals surface area contributed by atoms with E-state index in [-0.39, 0.29) is 0 Å². The van der Waals surface area contributed by atoms with Crippen molar-refractivity contribution in [2.24, 2.45) is 0 Å². The molecule has 0 spiro atoms. The van der Waals surface area contributed by atoms with E-state index in [2.05, 4.69) is 74.5 Å². The first-order valence-electron chi connectivity index (χ1n) is 22.0. The fourth-order valence-corrected chi connectivity index (χ4v) is 8.58. The van der Waals surface area contributed by atoms with Crippen LogP contribution in [0.25, 0.3) is 54.3 Å². The Morgan fingerprint density at radius 2 is 0.635 bits per heavy atom. The first-order valence-corrected chi connectivity index (χ1v) is 22.0. The van der Waals surface area contributed by atoms with Gasteiger partial charge in [0.05, 0.1) is 0 Å². The van der Waals surface area contributed by atoms with Crippen molar-refractivity contribution in [1.82, 2.24) is 0 Å². The Labute approximate surface area is 315 Å². The number of fused-ring (bicyclic) bond motifs is 7. The molecule has 0 aliphatic heterocycles. The van der Waals surface area contributed by atoms with E-state index in [0.717, 1.165) is 35.5 Å². The summed E-state index contributed by atoms with van der Waals surface area (Å²) in [6, 6.07) is 23.0. The van der Waals surface area contributed by atoms with Gasteiger partial charge < -0.3 is 8.83 Å². The number of hydrogen-bond donors (Lipinski definition) is 0. The van der Waals surface area contributed by atoms with Crippen LogP contribution < -0.4 is 0 Å². The SMILES string of the molecule is CCCCCCCCCCCCCCc1cc2cc3c(ccc4c5cc6cc(CCCCCCCCCCCCCC)oc6cc5ccc34)cc2o1. The highest BCUT2D eigenvalue weighted by Gasteiger charge is 2.12. The van der Waals surface area contributed by atoms with Crippen molar-refractivity contribution in [3.05, 3.63) is 72.2 Å². The zero-order valence-corrected chi connectivity index (χ0v) is 33.0. The molecule has 0 atom stereocenters. The monoisotopic (exact) mass is 701 g/mol. The molecule has 6 rings (SSSR count). The van der Waals surface area contributed by atoms with E-state index in [0.29, 0.717) is 0 Å². The molecule has 0 N–H and O–H groups in total. The minimum absolute atomic E-state index is 1.02. The molecule has 2 heterocycles. The maximum absolute atomic E-state index is 6.37. The molecular weight excluding hydrogens is 633 g/mol. The highest BCUT2D eigenvalue weighted by molar-refractivity contribution is 6.20. The number of hydrogen-bond acceptors (Lipinski definition) is 2. The quantitative estimate of drug-likeness (QED) is 0.0416. The molecule has 6 aromatic rings. The van der Waals surface area contributed by atoms with E-state index >= 15 is 0 Å². The minimum Gasteiger partial charge on any atom is -0.461 e. The summed E-state index contributed by atoms with van der Waals surface area (Å²) in [6.45, 7) is 4.59. The van der Waals surface area contributed by atoms with Gasteiger partial charge >= 0.3 is 0 Å². The third-order valence-corrected chi connectivity index (χ3v) is 11.8. The van der Waals surface area contributed by atoms with Crippen molar-refractivity contribution >= 4 is 54.3 Å². The number of aryl methyl sites for hydroxylation is 2. The van der Waals surface area contributed by atoms with E-state index < -0.39 is 0 Å². The van der Waals surface area contributed by atoms with Gasteiger partial charge in [-0.3, -0.25) is 0 Å². The van der Waals surface area contributed by atoms with Crippen molar-refractivity contribution < 1.29 is 8.83 Å². The van der Waals surface area contributed by atoms with E-state index in [9.17, 15) is 0 Å². The standard InChI is InChI=1S/C50H68O2/c1-3-5-7-9-11-13-15-17-19-21-23-25-27-43-33-41-35-47-39(37-49(41)51-43)29-31-46-45(47)32-30-40-38-50-42(36-48(40)46)34-44(52-50)28-26-24-22-20-18-16-14-12-10-8-6-4-2/h29-38H,3-28H2,1-2H3. The summed E-state index contributed by atoms with van der Waals surface area (Å²) in [4.78, 5) is 0. The molecule has 2 aromatic heterocycles. The lowest BCUT2D eigenvalue weighted by molar-refractivity contribution is 0.514. The highest BCUT2D eigenvalue weighted by atomic mass is 16.3. The molecule has 0 amide bonds. The number of benzene rings is 4. The Kier molecular flexibility index (Phi) is 15.4. The maximum Gasteiger partial charge on any atom is 0.134 e. The van der Waals surface area contributed by atoms with Crippen LogP contribution in [0.3, 0.4) is 0 Å². The highest BCUT2D eigenvalue weighted by Crippen LogP contribution is 2.37. The zero-order valence-electron chi connectivity index (χ0n) is 33.0. The Morgan fingerprint density at radius 3 is 0.981 bits per heavy atom. The number of furan rings is 2. The second-order valence-electron chi connectivity index (χ2n) is 16.2. The number of rotatable bonds is 26. The van der Waals surface area contributed by atoms with Gasteiger partial charge in [0.2, 0.25) is 0 Å². The van der Waals surface area contributed by atoms with Gasteiger partial charge in [-0.15, -0.1) is 0 Å². The fraction of sp³-hybridized carbons (Fsp3) is 0.560. The van der Waals surface area contributed by atoms with Crippen molar-refractivity contribution in [2.75, 3.05) is 0 Å². The van der Waals surface area contributed by atoms with Crippen molar-refractivity contribution in [3.8, 4) is 0 Å². The van der Waals surface area contributed by atoms with E-state index in [1.807, 2.05) is 0 Å². The molecule has 0 fully saturated rings. The van der Waals surface area contributed by atoms with Crippen molar-refractivity contribution in [3.63, 3.8) is 0 Å². The molecule has 0 saturated carbocycles. The van der Waals surface area contributed by atoms with Crippen LogP contribution in [0.5, 0.6) is 0 Å².